The molecule has 1 amide bonds. The van der Waals surface area contributed by atoms with E-state index in [0.717, 1.165) is 31.1 Å². The Kier molecular flexibility index (Phi) is 4.53. The molecule has 0 spiro atoms. The molecule has 0 aromatic carbocycles. The molecule has 0 bridgehead atoms. The molecule has 2 aromatic rings. The zero-order valence-corrected chi connectivity index (χ0v) is 15.3. The largest absolute Gasteiger partial charge is 0.485 e. The number of rotatable bonds is 4. The summed E-state index contributed by atoms with van der Waals surface area (Å²) < 4.78 is 11.4. The average molecular weight is 356 g/mol. The van der Waals surface area contributed by atoms with Gasteiger partial charge in [0.2, 0.25) is 0 Å². The van der Waals surface area contributed by atoms with E-state index in [2.05, 4.69) is 15.0 Å². The first-order valence-corrected chi connectivity index (χ1v) is 9.22. The predicted molar refractivity (Wildman–Crippen MR) is 96.6 cm³/mol. The number of ether oxygens (including phenoxy) is 1. The van der Waals surface area contributed by atoms with Crippen LogP contribution in [0.3, 0.4) is 0 Å². The van der Waals surface area contributed by atoms with E-state index in [1.165, 1.54) is 12.8 Å². The van der Waals surface area contributed by atoms with Crippen LogP contribution in [0.1, 0.15) is 41.1 Å². The molecule has 7 heteroatoms. The number of pyridine rings is 1. The van der Waals surface area contributed by atoms with Gasteiger partial charge < -0.3 is 19.1 Å². The maximum atomic E-state index is 12.8. The van der Waals surface area contributed by atoms with Crippen LogP contribution >= 0.6 is 0 Å². The summed E-state index contributed by atoms with van der Waals surface area (Å²) in [5, 5.41) is 3.88. The first-order valence-electron chi connectivity index (χ1n) is 9.22. The van der Waals surface area contributed by atoms with Crippen LogP contribution in [0.2, 0.25) is 0 Å². The third-order valence-corrected chi connectivity index (χ3v) is 5.13. The van der Waals surface area contributed by atoms with Gasteiger partial charge >= 0.3 is 0 Å². The molecule has 2 fully saturated rings. The van der Waals surface area contributed by atoms with Gasteiger partial charge in [0.15, 0.2) is 11.6 Å². The Bertz CT molecular complexity index is 778. The number of hydrogen-bond donors (Lipinski definition) is 0. The minimum absolute atomic E-state index is 0.0232. The average Bonchev–Trinajstić information content (AvgIpc) is 3.37. The maximum Gasteiger partial charge on any atom is 0.259 e. The van der Waals surface area contributed by atoms with Gasteiger partial charge in [0.1, 0.15) is 17.4 Å². The summed E-state index contributed by atoms with van der Waals surface area (Å²) in [5.41, 5.74) is 1.21. The van der Waals surface area contributed by atoms with E-state index in [-0.39, 0.29) is 12.0 Å². The van der Waals surface area contributed by atoms with Crippen LogP contribution in [0.25, 0.3) is 0 Å². The third kappa shape index (κ3) is 3.13. The summed E-state index contributed by atoms with van der Waals surface area (Å²) in [4.78, 5) is 21.4. The first-order chi connectivity index (χ1) is 12.6. The van der Waals surface area contributed by atoms with Gasteiger partial charge in [0.05, 0.1) is 12.2 Å². The Balaban J connectivity index is 1.45. The summed E-state index contributed by atoms with van der Waals surface area (Å²) in [6, 6.07) is 3.87. The fourth-order valence-corrected chi connectivity index (χ4v) is 3.78. The zero-order chi connectivity index (χ0) is 18.1. The smallest absolute Gasteiger partial charge is 0.259 e. The van der Waals surface area contributed by atoms with Gasteiger partial charge in [-0.1, -0.05) is 5.16 Å². The number of anilines is 1. The van der Waals surface area contributed by atoms with E-state index in [4.69, 9.17) is 9.26 Å². The van der Waals surface area contributed by atoms with Crippen molar-refractivity contribution < 1.29 is 14.1 Å². The first kappa shape index (κ1) is 16.9. The molecule has 1 unspecified atom stereocenters. The van der Waals surface area contributed by atoms with Crippen molar-refractivity contribution in [3.63, 3.8) is 0 Å². The van der Waals surface area contributed by atoms with Crippen molar-refractivity contribution in [3.05, 3.63) is 35.3 Å². The Morgan fingerprint density at radius 3 is 2.81 bits per heavy atom. The van der Waals surface area contributed by atoms with E-state index in [1.54, 1.807) is 13.8 Å². The molecule has 4 heterocycles. The van der Waals surface area contributed by atoms with Gasteiger partial charge in [-0.25, -0.2) is 4.98 Å². The lowest BCUT2D eigenvalue weighted by molar-refractivity contribution is 0.0770. The number of amides is 1. The minimum atomic E-state index is -0.0293. The molecule has 2 saturated heterocycles. The standard InChI is InChI=1S/C19H24N4O3/c1-13-17(14(2)26-21-13)19(24)23-11-7-15(12-23)25-16-6-5-8-20-18(16)22-9-3-4-10-22/h5-6,8,15H,3-4,7,9-12H2,1-2H3. The zero-order valence-electron chi connectivity index (χ0n) is 15.3. The molecule has 2 aromatic heterocycles. The molecule has 4 rings (SSSR count). The summed E-state index contributed by atoms with van der Waals surface area (Å²) in [7, 11) is 0. The van der Waals surface area contributed by atoms with Crippen molar-refractivity contribution >= 4 is 11.7 Å². The molecule has 138 valence electrons. The topological polar surface area (TPSA) is 71.7 Å². The third-order valence-electron chi connectivity index (χ3n) is 5.13. The fraction of sp³-hybridized carbons (Fsp3) is 0.526. The summed E-state index contributed by atoms with van der Waals surface area (Å²) >= 11 is 0. The highest BCUT2D eigenvalue weighted by Crippen LogP contribution is 2.30. The van der Waals surface area contributed by atoms with Crippen LogP contribution in [0.15, 0.2) is 22.9 Å². The van der Waals surface area contributed by atoms with E-state index in [9.17, 15) is 4.79 Å². The van der Waals surface area contributed by atoms with Crippen molar-refractivity contribution in [2.24, 2.45) is 0 Å². The van der Waals surface area contributed by atoms with Crippen LogP contribution in [0.4, 0.5) is 5.82 Å². The molecule has 26 heavy (non-hydrogen) atoms. The van der Waals surface area contributed by atoms with E-state index >= 15 is 0 Å². The van der Waals surface area contributed by atoms with Crippen LogP contribution in [-0.2, 0) is 0 Å². The number of aromatic nitrogens is 2. The second-order valence-electron chi connectivity index (χ2n) is 7.00. The van der Waals surface area contributed by atoms with Gasteiger partial charge in [-0.15, -0.1) is 0 Å². The van der Waals surface area contributed by atoms with Crippen LogP contribution < -0.4 is 9.64 Å². The Morgan fingerprint density at radius 1 is 1.27 bits per heavy atom. The second-order valence-corrected chi connectivity index (χ2v) is 7.00. The summed E-state index contributed by atoms with van der Waals surface area (Å²) in [6.07, 6.45) is 4.98. The Morgan fingerprint density at radius 2 is 2.08 bits per heavy atom. The van der Waals surface area contributed by atoms with Gasteiger partial charge in [0, 0.05) is 32.3 Å². The molecule has 2 aliphatic heterocycles. The van der Waals surface area contributed by atoms with Crippen molar-refractivity contribution in [1.82, 2.24) is 15.0 Å². The number of aryl methyl sites for hydroxylation is 2. The maximum absolute atomic E-state index is 12.8. The molecule has 0 radical (unpaired) electrons. The lowest BCUT2D eigenvalue weighted by Gasteiger charge is -2.22. The SMILES string of the molecule is Cc1noc(C)c1C(=O)N1CCC(Oc2cccnc2N2CCCC2)C1. The lowest BCUT2D eigenvalue weighted by atomic mass is 10.2. The molecular weight excluding hydrogens is 332 g/mol. The number of hydrogen-bond acceptors (Lipinski definition) is 6. The molecule has 2 aliphatic rings. The minimum Gasteiger partial charge on any atom is -0.485 e. The van der Waals surface area contributed by atoms with Gasteiger partial charge in [0.25, 0.3) is 5.91 Å². The second kappa shape index (κ2) is 6.97. The highest BCUT2D eigenvalue weighted by atomic mass is 16.5. The van der Waals surface area contributed by atoms with Crippen molar-refractivity contribution in [2.75, 3.05) is 31.1 Å². The fourth-order valence-electron chi connectivity index (χ4n) is 3.78. The summed E-state index contributed by atoms with van der Waals surface area (Å²) in [6.45, 7) is 6.86. The van der Waals surface area contributed by atoms with Gasteiger partial charge in [-0.2, -0.15) is 0 Å². The van der Waals surface area contributed by atoms with Crippen LogP contribution in [0, 0.1) is 13.8 Å². The van der Waals surface area contributed by atoms with Crippen LogP contribution in [-0.4, -0.2) is 53.2 Å². The molecule has 0 aliphatic carbocycles. The van der Waals surface area contributed by atoms with Crippen molar-refractivity contribution in [2.45, 2.75) is 39.2 Å². The highest BCUT2D eigenvalue weighted by Gasteiger charge is 2.32. The molecule has 7 nitrogen and oxygen atoms in total. The number of carbonyl (C=O) groups is 1. The number of likely N-dealkylation sites (tertiary alicyclic amines) is 1. The van der Waals surface area contributed by atoms with Crippen molar-refractivity contribution in [1.29, 1.82) is 0 Å². The summed E-state index contributed by atoms with van der Waals surface area (Å²) in [5.74, 6) is 2.27. The predicted octanol–water partition coefficient (Wildman–Crippen LogP) is 2.58. The molecule has 1 atom stereocenters. The normalized spacial score (nSPS) is 20.0. The number of carbonyl (C=O) groups excluding carboxylic acids is 1. The molecule has 0 saturated carbocycles. The van der Waals surface area contributed by atoms with Gasteiger partial charge in [-0.05, 0) is 38.8 Å². The van der Waals surface area contributed by atoms with Crippen molar-refractivity contribution in [3.8, 4) is 5.75 Å². The van der Waals surface area contributed by atoms with Gasteiger partial charge in [-0.3, -0.25) is 4.79 Å². The van der Waals surface area contributed by atoms with E-state index < -0.39 is 0 Å². The Hall–Kier alpha value is -2.57. The number of nitrogens with zero attached hydrogens (tertiary/aromatic N) is 4. The molecular formula is C19H24N4O3. The quantitative estimate of drug-likeness (QED) is 0.838. The van der Waals surface area contributed by atoms with Crippen LogP contribution in [0.5, 0.6) is 5.75 Å². The highest BCUT2D eigenvalue weighted by molar-refractivity contribution is 5.96. The molecule has 0 N–H and O–H groups in total. The monoisotopic (exact) mass is 356 g/mol. The Labute approximate surface area is 152 Å². The van der Waals surface area contributed by atoms with E-state index in [1.807, 2.05) is 23.2 Å². The van der Waals surface area contributed by atoms with E-state index in [0.29, 0.717) is 30.1 Å². The lowest BCUT2D eigenvalue weighted by Crippen LogP contribution is -2.31.